The van der Waals surface area contributed by atoms with Gasteiger partial charge in [-0.2, -0.15) is 0 Å². The Morgan fingerprint density at radius 3 is 1.64 bits per heavy atom. The van der Waals surface area contributed by atoms with Gasteiger partial charge in [0.1, 0.15) is 0 Å². The maximum absolute atomic E-state index is 5.79. The number of ether oxygens (including phenoxy) is 1. The summed E-state index contributed by atoms with van der Waals surface area (Å²) < 4.78 is 5.79. The van der Waals surface area contributed by atoms with Crippen molar-refractivity contribution in [2.75, 3.05) is 6.61 Å². The molecule has 0 aromatic heterocycles. The maximum Gasteiger partial charge on any atom is 0.0699 e. The Bertz CT molecular complexity index is 93.0. The molecule has 68 valence electrons. The van der Waals surface area contributed by atoms with Crippen LogP contribution in [0.4, 0.5) is 0 Å². The van der Waals surface area contributed by atoms with Crippen LogP contribution in [0.1, 0.15) is 47.5 Å². The van der Waals surface area contributed by atoms with Gasteiger partial charge in [0.2, 0.25) is 0 Å². The Morgan fingerprint density at radius 1 is 1.09 bits per heavy atom. The highest BCUT2D eigenvalue weighted by atomic mass is 16.5. The van der Waals surface area contributed by atoms with Crippen LogP contribution in [0.3, 0.4) is 0 Å². The molecule has 0 atom stereocenters. The third kappa shape index (κ3) is 2.48. The summed E-state index contributed by atoms with van der Waals surface area (Å²) >= 11 is 0. The van der Waals surface area contributed by atoms with Gasteiger partial charge >= 0.3 is 0 Å². The van der Waals surface area contributed by atoms with Crippen molar-refractivity contribution >= 4 is 0 Å². The summed E-state index contributed by atoms with van der Waals surface area (Å²) in [7, 11) is 0. The third-order valence-electron chi connectivity index (χ3n) is 2.68. The second kappa shape index (κ2) is 4.76. The monoisotopic (exact) mass is 158 g/mol. The molecular weight excluding hydrogens is 136 g/mol. The SMILES string of the molecule is CCOC(CC)(CC)C(C)C. The number of rotatable bonds is 5. The molecule has 0 aliphatic rings. The molecule has 0 spiro atoms. The highest BCUT2D eigenvalue weighted by Crippen LogP contribution is 2.28. The molecule has 0 radical (unpaired) electrons. The van der Waals surface area contributed by atoms with Gasteiger partial charge in [-0.3, -0.25) is 0 Å². The molecule has 0 N–H and O–H groups in total. The zero-order valence-electron chi connectivity index (χ0n) is 8.61. The first-order valence-electron chi connectivity index (χ1n) is 4.76. The molecule has 0 aromatic rings. The van der Waals surface area contributed by atoms with Crippen LogP contribution < -0.4 is 0 Å². The molecule has 0 heterocycles. The minimum atomic E-state index is 0.134. The van der Waals surface area contributed by atoms with E-state index in [4.69, 9.17) is 4.74 Å². The molecule has 1 nitrogen and oxygen atoms in total. The lowest BCUT2D eigenvalue weighted by molar-refractivity contribution is -0.0782. The van der Waals surface area contributed by atoms with Crippen LogP contribution in [0, 0.1) is 5.92 Å². The molecule has 0 bridgehead atoms. The van der Waals surface area contributed by atoms with Gasteiger partial charge in [-0.05, 0) is 25.7 Å². The van der Waals surface area contributed by atoms with Crippen molar-refractivity contribution in [1.82, 2.24) is 0 Å². The highest BCUT2D eigenvalue weighted by Gasteiger charge is 2.29. The lowest BCUT2D eigenvalue weighted by Crippen LogP contribution is -2.37. The van der Waals surface area contributed by atoms with Crippen LogP contribution in [0.25, 0.3) is 0 Å². The van der Waals surface area contributed by atoms with Crippen LogP contribution >= 0.6 is 0 Å². The largest absolute Gasteiger partial charge is 0.375 e. The average Bonchev–Trinajstić information content (AvgIpc) is 2.00. The number of hydrogen-bond acceptors (Lipinski definition) is 1. The van der Waals surface area contributed by atoms with E-state index in [0.717, 1.165) is 19.4 Å². The van der Waals surface area contributed by atoms with E-state index < -0.39 is 0 Å². The summed E-state index contributed by atoms with van der Waals surface area (Å²) in [6.45, 7) is 11.8. The molecule has 0 saturated carbocycles. The molecule has 0 aromatic carbocycles. The Balaban J connectivity index is 4.20. The van der Waals surface area contributed by atoms with Gasteiger partial charge in [0.15, 0.2) is 0 Å². The summed E-state index contributed by atoms with van der Waals surface area (Å²) in [5.41, 5.74) is 0.134. The predicted molar refractivity (Wildman–Crippen MR) is 49.8 cm³/mol. The molecular formula is C10H22O. The van der Waals surface area contributed by atoms with E-state index >= 15 is 0 Å². The quantitative estimate of drug-likeness (QED) is 0.597. The standard InChI is InChI=1S/C10H22O/c1-6-10(7-2,9(4)5)11-8-3/h9H,6-8H2,1-5H3. The molecule has 11 heavy (non-hydrogen) atoms. The summed E-state index contributed by atoms with van der Waals surface area (Å²) in [6.07, 6.45) is 2.24. The van der Waals surface area contributed by atoms with E-state index in [9.17, 15) is 0 Å². The van der Waals surface area contributed by atoms with Crippen molar-refractivity contribution in [2.45, 2.75) is 53.1 Å². The van der Waals surface area contributed by atoms with Gasteiger partial charge in [-0.15, -0.1) is 0 Å². The van der Waals surface area contributed by atoms with Crippen molar-refractivity contribution in [1.29, 1.82) is 0 Å². The second-order valence-corrected chi connectivity index (χ2v) is 3.36. The first-order chi connectivity index (χ1) is 5.13. The van der Waals surface area contributed by atoms with E-state index in [1.54, 1.807) is 0 Å². The normalized spacial score (nSPS) is 12.5. The second-order valence-electron chi connectivity index (χ2n) is 3.36. The average molecular weight is 158 g/mol. The minimum absolute atomic E-state index is 0.134. The third-order valence-corrected chi connectivity index (χ3v) is 2.68. The van der Waals surface area contributed by atoms with Crippen LogP contribution in [0.2, 0.25) is 0 Å². The maximum atomic E-state index is 5.79. The summed E-state index contributed by atoms with van der Waals surface area (Å²) in [6, 6.07) is 0. The Labute approximate surface area is 71.1 Å². The fraction of sp³-hybridized carbons (Fsp3) is 1.00. The van der Waals surface area contributed by atoms with E-state index in [2.05, 4.69) is 34.6 Å². The van der Waals surface area contributed by atoms with E-state index in [0.29, 0.717) is 5.92 Å². The first-order valence-corrected chi connectivity index (χ1v) is 4.76. The molecule has 0 aliphatic carbocycles. The van der Waals surface area contributed by atoms with Crippen LogP contribution in [0.5, 0.6) is 0 Å². The smallest absolute Gasteiger partial charge is 0.0699 e. The lowest BCUT2D eigenvalue weighted by Gasteiger charge is -2.35. The summed E-state index contributed by atoms with van der Waals surface area (Å²) in [5, 5.41) is 0. The van der Waals surface area contributed by atoms with Crippen LogP contribution in [-0.2, 0) is 4.74 Å². The van der Waals surface area contributed by atoms with Gasteiger partial charge in [0.05, 0.1) is 5.60 Å². The van der Waals surface area contributed by atoms with Gasteiger partial charge in [0, 0.05) is 6.61 Å². The van der Waals surface area contributed by atoms with Gasteiger partial charge in [-0.25, -0.2) is 0 Å². The van der Waals surface area contributed by atoms with Crippen molar-refractivity contribution in [3.8, 4) is 0 Å². The summed E-state index contributed by atoms with van der Waals surface area (Å²) in [4.78, 5) is 0. The van der Waals surface area contributed by atoms with Crippen molar-refractivity contribution < 1.29 is 4.74 Å². The molecule has 0 unspecified atom stereocenters. The van der Waals surface area contributed by atoms with Crippen molar-refractivity contribution in [2.24, 2.45) is 5.92 Å². The Hall–Kier alpha value is -0.0400. The molecule has 0 amide bonds. The molecule has 1 heteroatoms. The van der Waals surface area contributed by atoms with Gasteiger partial charge < -0.3 is 4.74 Å². The Kier molecular flexibility index (Phi) is 4.74. The zero-order valence-corrected chi connectivity index (χ0v) is 8.61. The fourth-order valence-electron chi connectivity index (χ4n) is 1.72. The van der Waals surface area contributed by atoms with Crippen LogP contribution in [-0.4, -0.2) is 12.2 Å². The van der Waals surface area contributed by atoms with Crippen molar-refractivity contribution in [3.05, 3.63) is 0 Å². The predicted octanol–water partition coefficient (Wildman–Crippen LogP) is 3.24. The molecule has 0 aliphatic heterocycles. The molecule has 0 rings (SSSR count). The fourth-order valence-corrected chi connectivity index (χ4v) is 1.72. The molecule has 0 saturated heterocycles. The lowest BCUT2D eigenvalue weighted by atomic mass is 9.85. The number of hydrogen-bond donors (Lipinski definition) is 0. The summed E-state index contributed by atoms with van der Waals surface area (Å²) in [5.74, 6) is 0.623. The zero-order chi connectivity index (χ0) is 8.91. The minimum Gasteiger partial charge on any atom is -0.375 e. The topological polar surface area (TPSA) is 9.23 Å². The molecule has 0 fully saturated rings. The van der Waals surface area contributed by atoms with E-state index in [-0.39, 0.29) is 5.60 Å². The highest BCUT2D eigenvalue weighted by molar-refractivity contribution is 4.80. The van der Waals surface area contributed by atoms with Crippen molar-refractivity contribution in [3.63, 3.8) is 0 Å². The first kappa shape index (κ1) is 11.0. The van der Waals surface area contributed by atoms with E-state index in [1.165, 1.54) is 0 Å². The Morgan fingerprint density at radius 2 is 1.55 bits per heavy atom. The van der Waals surface area contributed by atoms with Gasteiger partial charge in [0.25, 0.3) is 0 Å². The van der Waals surface area contributed by atoms with Crippen LogP contribution in [0.15, 0.2) is 0 Å². The van der Waals surface area contributed by atoms with E-state index in [1.807, 2.05) is 0 Å². The van der Waals surface area contributed by atoms with Gasteiger partial charge in [-0.1, -0.05) is 27.7 Å².